The van der Waals surface area contributed by atoms with Crippen molar-refractivity contribution in [2.75, 3.05) is 0 Å². The first-order valence-electron chi connectivity index (χ1n) is 8.79. The fourth-order valence-electron chi connectivity index (χ4n) is 3.89. The first-order chi connectivity index (χ1) is 11.5. The Morgan fingerprint density at radius 2 is 0.708 bits per heavy atom. The zero-order valence-electron chi connectivity index (χ0n) is 15.6. The molecule has 24 heavy (non-hydrogen) atoms. The second-order valence-electron chi connectivity index (χ2n) is 7.06. The van der Waals surface area contributed by atoms with Crippen LogP contribution in [0.2, 0.25) is 48.4 Å². The van der Waals surface area contributed by atoms with Crippen LogP contribution in [0, 0.1) is 0 Å². The molecule has 0 heterocycles. The molecular weight excluding hydrogens is 320 g/mol. The first kappa shape index (κ1) is 22.6. The molecule has 0 amide bonds. The molecule has 0 radical (unpaired) electrons. The summed E-state index contributed by atoms with van der Waals surface area (Å²) in [6.07, 6.45) is 12.5. The normalized spacial score (nSPS) is 11.3. The quantitative estimate of drug-likeness (QED) is 0.198. The molecule has 0 aliphatic carbocycles. The molecule has 0 aromatic carbocycles. The Bertz CT molecular complexity index is 375. The molecule has 0 saturated carbocycles. The molecule has 0 saturated heterocycles. The maximum Gasteiger partial charge on any atom is 0.0688 e. The van der Waals surface area contributed by atoms with Crippen LogP contribution in [0.1, 0.15) is 0 Å². The molecule has 0 rings (SSSR count). The maximum absolute atomic E-state index is 4.48. The highest BCUT2D eigenvalue weighted by atomic mass is 28.3. The van der Waals surface area contributed by atoms with E-state index in [1.54, 1.807) is 0 Å². The Morgan fingerprint density at radius 3 is 0.875 bits per heavy atom. The van der Waals surface area contributed by atoms with Crippen molar-refractivity contribution in [1.82, 2.24) is 0 Å². The van der Waals surface area contributed by atoms with Gasteiger partial charge in [-0.25, -0.2) is 0 Å². The van der Waals surface area contributed by atoms with Crippen LogP contribution < -0.4 is 0 Å². The topological polar surface area (TPSA) is 0 Å². The van der Waals surface area contributed by atoms with Crippen molar-refractivity contribution < 1.29 is 0 Å². The average molecular weight is 357 g/mol. The van der Waals surface area contributed by atoms with Crippen LogP contribution in [0.5, 0.6) is 0 Å². The van der Waals surface area contributed by atoms with E-state index >= 15 is 0 Å². The van der Waals surface area contributed by atoms with E-state index < -0.39 is 16.1 Å². The van der Waals surface area contributed by atoms with Crippen molar-refractivity contribution in [3.8, 4) is 0 Å². The van der Waals surface area contributed by atoms with E-state index in [9.17, 15) is 0 Å². The summed E-state index contributed by atoms with van der Waals surface area (Å²) in [5.41, 5.74) is 1.39. The second kappa shape index (κ2) is 12.0. The van der Waals surface area contributed by atoms with Gasteiger partial charge in [0.15, 0.2) is 0 Å². The first-order valence-corrected chi connectivity index (χ1v) is 14.4. The minimum Gasteiger partial charge on any atom is -0.103 e. The summed E-state index contributed by atoms with van der Waals surface area (Å²) in [6, 6.07) is 8.87. The third-order valence-electron chi connectivity index (χ3n) is 4.71. The minimum absolute atomic E-state index is 1.10. The van der Waals surface area contributed by atoms with Crippen molar-refractivity contribution in [2.24, 2.45) is 0 Å². The predicted molar refractivity (Wildman–Crippen MR) is 120 cm³/mol. The maximum atomic E-state index is 4.48. The van der Waals surface area contributed by atoms with Gasteiger partial charge >= 0.3 is 0 Å². The Labute approximate surface area is 152 Å². The highest BCUT2D eigenvalue weighted by molar-refractivity contribution is 6.83. The van der Waals surface area contributed by atoms with Crippen LogP contribution in [0.15, 0.2) is 88.1 Å². The fourth-order valence-corrected chi connectivity index (χ4v) is 12.1. The van der Waals surface area contributed by atoms with Gasteiger partial charge in [0.05, 0.1) is 16.1 Å². The second-order valence-corrected chi connectivity index (χ2v) is 16.2. The molecule has 0 spiro atoms. The summed E-state index contributed by atoms with van der Waals surface area (Å²) in [5, 5.41) is 0. The summed E-state index contributed by atoms with van der Waals surface area (Å²) in [6.45, 7) is 28.4. The molecule has 0 bridgehead atoms. The van der Waals surface area contributed by atoms with Crippen LogP contribution >= 0.6 is 0 Å². The van der Waals surface area contributed by atoms with E-state index in [-0.39, 0.29) is 0 Å². The van der Waals surface area contributed by atoms with Crippen LogP contribution in [0.3, 0.4) is 0 Å². The molecule has 0 atom stereocenters. The van der Waals surface area contributed by atoms with Crippen LogP contribution in [-0.2, 0) is 0 Å². The van der Waals surface area contributed by atoms with Gasteiger partial charge < -0.3 is 0 Å². The Balaban J connectivity index is 5.37. The number of hydrogen-bond acceptors (Lipinski definition) is 0. The van der Waals surface area contributed by atoms with Gasteiger partial charge in [-0.05, 0) is 48.4 Å². The van der Waals surface area contributed by atoms with Crippen LogP contribution in [0.4, 0.5) is 0 Å². The molecule has 0 nitrogen and oxygen atoms in total. The van der Waals surface area contributed by atoms with E-state index in [2.05, 4.69) is 82.5 Å². The van der Waals surface area contributed by atoms with Crippen LogP contribution in [0.25, 0.3) is 0 Å². The molecule has 0 fully saturated rings. The largest absolute Gasteiger partial charge is 0.103 e. The van der Waals surface area contributed by atoms with E-state index in [1.165, 1.54) is 5.57 Å². The van der Waals surface area contributed by atoms with E-state index in [0.29, 0.717) is 0 Å². The van der Waals surface area contributed by atoms with E-state index in [1.807, 2.05) is 0 Å². The summed E-state index contributed by atoms with van der Waals surface area (Å²) in [7, 11) is -3.07. The summed E-state index contributed by atoms with van der Waals surface area (Å²) in [4.78, 5) is 0. The third-order valence-corrected chi connectivity index (χ3v) is 14.1. The highest BCUT2D eigenvalue weighted by Gasteiger charge is 2.34. The predicted octanol–water partition coefficient (Wildman–Crippen LogP) is 7.56. The lowest BCUT2D eigenvalue weighted by Crippen LogP contribution is -2.36. The number of rotatable bonds is 16. The molecule has 0 aromatic rings. The van der Waals surface area contributed by atoms with Gasteiger partial charge in [-0.1, -0.05) is 42.0 Å². The van der Waals surface area contributed by atoms with Gasteiger partial charge in [0, 0.05) is 0 Å². The van der Waals surface area contributed by atoms with Gasteiger partial charge in [-0.2, -0.15) is 0 Å². The smallest absolute Gasteiger partial charge is 0.0688 e. The summed E-state index contributed by atoms with van der Waals surface area (Å²) >= 11 is 0. The molecule has 0 aliphatic heterocycles. The SMILES string of the molecule is C=CC[Si](CC=C)(CC=C)CC(=C)C[Si](CC=C)(CC=C)CC=C. The van der Waals surface area contributed by atoms with E-state index in [0.717, 1.165) is 48.4 Å². The molecule has 0 aromatic heterocycles. The summed E-state index contributed by atoms with van der Waals surface area (Å²) in [5.74, 6) is 0. The molecule has 2 heteroatoms. The zero-order valence-corrected chi connectivity index (χ0v) is 17.6. The standard InChI is InChI=1S/C22H36Si2/c1-8-14-23(15-9-2,16-10-3)20-22(7)21-24(17-11-4,18-12-5)19-13-6/h8-13H,1-7,14-21H2. The van der Waals surface area contributed by atoms with Gasteiger partial charge in [0.2, 0.25) is 0 Å². The van der Waals surface area contributed by atoms with Crippen molar-refractivity contribution in [1.29, 1.82) is 0 Å². The van der Waals surface area contributed by atoms with Crippen molar-refractivity contribution in [3.63, 3.8) is 0 Å². The third kappa shape index (κ3) is 7.46. The average Bonchev–Trinajstić information content (AvgIpc) is 2.48. The molecule has 0 N–H and O–H groups in total. The fraction of sp³-hybridized carbons (Fsp3) is 0.364. The van der Waals surface area contributed by atoms with Gasteiger partial charge in [-0.15, -0.1) is 46.1 Å². The van der Waals surface area contributed by atoms with Crippen molar-refractivity contribution in [3.05, 3.63) is 88.1 Å². The van der Waals surface area contributed by atoms with Crippen molar-refractivity contribution in [2.45, 2.75) is 48.4 Å². The van der Waals surface area contributed by atoms with Crippen LogP contribution in [-0.4, -0.2) is 16.1 Å². The monoisotopic (exact) mass is 356 g/mol. The Hall–Kier alpha value is -1.39. The molecule has 132 valence electrons. The van der Waals surface area contributed by atoms with Crippen molar-refractivity contribution >= 4 is 16.1 Å². The molecule has 0 unspecified atom stereocenters. The van der Waals surface area contributed by atoms with Gasteiger partial charge in [0.25, 0.3) is 0 Å². The lowest BCUT2D eigenvalue weighted by atomic mass is 10.4. The summed E-state index contributed by atoms with van der Waals surface area (Å²) < 4.78 is 0. The van der Waals surface area contributed by atoms with E-state index in [4.69, 9.17) is 0 Å². The minimum atomic E-state index is -1.54. The number of hydrogen-bond donors (Lipinski definition) is 0. The molecule has 0 aliphatic rings. The lowest BCUT2D eigenvalue weighted by molar-refractivity contribution is 1.17. The Kier molecular flexibility index (Phi) is 11.3. The lowest BCUT2D eigenvalue weighted by Gasteiger charge is -2.34. The van der Waals surface area contributed by atoms with Gasteiger partial charge in [0.1, 0.15) is 0 Å². The molecular formula is C22H36Si2. The number of allylic oxidation sites excluding steroid dienone is 7. The van der Waals surface area contributed by atoms with Gasteiger partial charge in [-0.3, -0.25) is 0 Å². The Morgan fingerprint density at radius 1 is 0.500 bits per heavy atom. The zero-order chi connectivity index (χ0) is 18.5. The highest BCUT2D eigenvalue weighted by Crippen LogP contribution is 2.37.